The van der Waals surface area contributed by atoms with Crippen LogP contribution >= 0.6 is 0 Å². The molecule has 1 heterocycles. The molecule has 26 heavy (non-hydrogen) atoms. The molecule has 1 aromatic heterocycles. The highest BCUT2D eigenvalue weighted by atomic mass is 16.5. The number of nitrogens with one attached hydrogen (secondary N) is 1. The summed E-state index contributed by atoms with van der Waals surface area (Å²) in [6.45, 7) is 0. The Balaban J connectivity index is 1.59. The summed E-state index contributed by atoms with van der Waals surface area (Å²) in [6.07, 6.45) is 3.97. The summed E-state index contributed by atoms with van der Waals surface area (Å²) in [5.41, 5.74) is 9.89. The monoisotopic (exact) mass is 347 g/mol. The molecule has 5 nitrogen and oxygen atoms in total. The minimum absolute atomic E-state index is 0.211. The van der Waals surface area contributed by atoms with Gasteiger partial charge in [-0.3, -0.25) is 9.78 Å². The lowest BCUT2D eigenvalue weighted by Gasteiger charge is -2.13. The Morgan fingerprint density at radius 1 is 1.00 bits per heavy atom. The highest BCUT2D eigenvalue weighted by Crippen LogP contribution is 2.20. The molecule has 0 fully saturated rings. The number of rotatable bonds is 6. The number of aromatic nitrogens is 1. The summed E-state index contributed by atoms with van der Waals surface area (Å²) in [5, 5.41) is 2.86. The number of carbonyl (C=O) groups is 1. The molecule has 5 heteroatoms. The topological polar surface area (TPSA) is 77.2 Å². The Hall–Kier alpha value is -3.18. The molecule has 2 aromatic carbocycles. The van der Waals surface area contributed by atoms with Crippen molar-refractivity contribution in [2.45, 2.75) is 12.5 Å². The first kappa shape index (κ1) is 17.6. The zero-order valence-corrected chi connectivity index (χ0v) is 14.6. The van der Waals surface area contributed by atoms with Gasteiger partial charge in [0.2, 0.25) is 5.91 Å². The van der Waals surface area contributed by atoms with Crippen LogP contribution in [0.5, 0.6) is 5.75 Å². The van der Waals surface area contributed by atoms with Gasteiger partial charge in [-0.25, -0.2) is 0 Å². The minimum Gasteiger partial charge on any atom is -0.497 e. The molecule has 3 rings (SSSR count). The number of nitrogens with two attached hydrogens (primary N) is 1. The molecule has 0 aliphatic rings. The molecule has 0 unspecified atom stereocenters. The van der Waals surface area contributed by atoms with E-state index in [0.29, 0.717) is 6.42 Å². The van der Waals surface area contributed by atoms with Crippen molar-refractivity contribution in [2.75, 3.05) is 12.4 Å². The third kappa shape index (κ3) is 4.46. The van der Waals surface area contributed by atoms with E-state index in [1.807, 2.05) is 60.7 Å². The quantitative estimate of drug-likeness (QED) is 0.717. The fourth-order valence-corrected chi connectivity index (χ4v) is 2.63. The number of amides is 1. The van der Waals surface area contributed by atoms with Crippen LogP contribution in [0.25, 0.3) is 11.1 Å². The van der Waals surface area contributed by atoms with Gasteiger partial charge < -0.3 is 15.8 Å². The molecule has 0 spiro atoms. The van der Waals surface area contributed by atoms with Gasteiger partial charge in [-0.2, -0.15) is 0 Å². The van der Waals surface area contributed by atoms with E-state index in [9.17, 15) is 4.79 Å². The molecule has 0 aliphatic heterocycles. The van der Waals surface area contributed by atoms with Crippen molar-refractivity contribution in [1.29, 1.82) is 0 Å². The van der Waals surface area contributed by atoms with Gasteiger partial charge in [-0.05, 0) is 59.5 Å². The molecule has 0 saturated carbocycles. The number of hydrogen-bond donors (Lipinski definition) is 2. The van der Waals surface area contributed by atoms with Crippen molar-refractivity contribution in [3.05, 3.63) is 78.6 Å². The SMILES string of the molecule is COc1ccc(C[C@H](N)C(=O)Nc2ccc(-c3ccncc3)cc2)cc1. The highest BCUT2D eigenvalue weighted by molar-refractivity contribution is 5.95. The zero-order chi connectivity index (χ0) is 18.4. The number of pyridine rings is 1. The van der Waals surface area contributed by atoms with Crippen LogP contribution in [0.2, 0.25) is 0 Å². The maximum atomic E-state index is 12.3. The van der Waals surface area contributed by atoms with E-state index in [2.05, 4.69) is 10.3 Å². The first-order chi connectivity index (χ1) is 12.7. The fourth-order valence-electron chi connectivity index (χ4n) is 2.63. The average Bonchev–Trinajstić information content (AvgIpc) is 2.70. The molecule has 0 bridgehead atoms. The molecule has 132 valence electrons. The van der Waals surface area contributed by atoms with Crippen LogP contribution in [0.3, 0.4) is 0 Å². The number of benzene rings is 2. The second-order valence-corrected chi connectivity index (χ2v) is 5.96. The van der Waals surface area contributed by atoms with Crippen molar-refractivity contribution in [3.63, 3.8) is 0 Å². The Morgan fingerprint density at radius 2 is 1.62 bits per heavy atom. The van der Waals surface area contributed by atoms with Gasteiger partial charge in [-0.15, -0.1) is 0 Å². The van der Waals surface area contributed by atoms with Crippen molar-refractivity contribution < 1.29 is 9.53 Å². The van der Waals surface area contributed by atoms with E-state index in [-0.39, 0.29) is 5.91 Å². The van der Waals surface area contributed by atoms with E-state index >= 15 is 0 Å². The first-order valence-corrected chi connectivity index (χ1v) is 8.35. The van der Waals surface area contributed by atoms with Crippen LogP contribution in [0.4, 0.5) is 5.69 Å². The lowest BCUT2D eigenvalue weighted by atomic mass is 10.1. The lowest BCUT2D eigenvalue weighted by molar-refractivity contribution is -0.117. The van der Waals surface area contributed by atoms with Crippen molar-refractivity contribution in [3.8, 4) is 16.9 Å². The van der Waals surface area contributed by atoms with Gasteiger partial charge in [0.1, 0.15) is 5.75 Å². The Kier molecular flexibility index (Phi) is 5.61. The van der Waals surface area contributed by atoms with Gasteiger partial charge >= 0.3 is 0 Å². The average molecular weight is 347 g/mol. The van der Waals surface area contributed by atoms with Crippen molar-refractivity contribution in [1.82, 2.24) is 4.98 Å². The van der Waals surface area contributed by atoms with Crippen LogP contribution in [0.1, 0.15) is 5.56 Å². The second kappa shape index (κ2) is 8.27. The highest BCUT2D eigenvalue weighted by Gasteiger charge is 2.14. The van der Waals surface area contributed by atoms with Crippen LogP contribution in [0, 0.1) is 0 Å². The summed E-state index contributed by atoms with van der Waals surface area (Å²) in [6, 6.07) is 18.5. The summed E-state index contributed by atoms with van der Waals surface area (Å²) in [5.74, 6) is 0.568. The fraction of sp³-hybridized carbons (Fsp3) is 0.143. The summed E-state index contributed by atoms with van der Waals surface area (Å²) in [4.78, 5) is 16.3. The van der Waals surface area contributed by atoms with Gasteiger partial charge in [0.05, 0.1) is 13.2 Å². The van der Waals surface area contributed by atoms with E-state index in [1.54, 1.807) is 19.5 Å². The summed E-state index contributed by atoms with van der Waals surface area (Å²) < 4.78 is 5.13. The van der Waals surface area contributed by atoms with E-state index < -0.39 is 6.04 Å². The second-order valence-electron chi connectivity index (χ2n) is 5.96. The maximum absolute atomic E-state index is 12.3. The van der Waals surface area contributed by atoms with Crippen LogP contribution < -0.4 is 15.8 Å². The third-order valence-electron chi connectivity index (χ3n) is 4.12. The van der Waals surface area contributed by atoms with E-state index in [4.69, 9.17) is 10.5 Å². The van der Waals surface area contributed by atoms with E-state index in [0.717, 1.165) is 28.1 Å². The van der Waals surface area contributed by atoms with Gasteiger partial charge in [0.25, 0.3) is 0 Å². The smallest absolute Gasteiger partial charge is 0.241 e. The Labute approximate surface area is 152 Å². The molecule has 3 N–H and O–H groups in total. The molecular formula is C21H21N3O2. The largest absolute Gasteiger partial charge is 0.497 e. The molecule has 3 aromatic rings. The van der Waals surface area contributed by atoms with Crippen molar-refractivity contribution in [2.24, 2.45) is 5.73 Å². The number of anilines is 1. The van der Waals surface area contributed by atoms with Gasteiger partial charge in [0.15, 0.2) is 0 Å². The van der Waals surface area contributed by atoms with Crippen LogP contribution in [0.15, 0.2) is 73.1 Å². The van der Waals surface area contributed by atoms with Crippen molar-refractivity contribution >= 4 is 11.6 Å². The Morgan fingerprint density at radius 3 is 2.23 bits per heavy atom. The summed E-state index contributed by atoms with van der Waals surface area (Å²) >= 11 is 0. The molecular weight excluding hydrogens is 326 g/mol. The number of hydrogen-bond acceptors (Lipinski definition) is 4. The number of methoxy groups -OCH3 is 1. The third-order valence-corrected chi connectivity index (χ3v) is 4.12. The minimum atomic E-state index is -0.622. The molecule has 1 atom stereocenters. The lowest BCUT2D eigenvalue weighted by Crippen LogP contribution is -2.37. The van der Waals surface area contributed by atoms with Gasteiger partial charge in [0, 0.05) is 18.1 Å². The maximum Gasteiger partial charge on any atom is 0.241 e. The number of carbonyl (C=O) groups excluding carboxylic acids is 1. The molecule has 0 aliphatic carbocycles. The predicted octanol–water partition coefficient (Wildman–Crippen LogP) is 3.27. The molecule has 0 saturated heterocycles. The molecule has 0 radical (unpaired) electrons. The summed E-state index contributed by atoms with van der Waals surface area (Å²) in [7, 11) is 1.62. The number of nitrogens with zero attached hydrogens (tertiary/aromatic N) is 1. The zero-order valence-electron chi connectivity index (χ0n) is 14.6. The number of ether oxygens (including phenoxy) is 1. The standard InChI is InChI=1S/C21H21N3O2/c1-26-19-8-2-15(3-9-19)14-20(22)21(25)24-18-6-4-16(5-7-18)17-10-12-23-13-11-17/h2-13,20H,14,22H2,1H3,(H,24,25)/t20-/m0/s1. The normalized spacial score (nSPS) is 11.6. The first-order valence-electron chi connectivity index (χ1n) is 8.35. The Bertz CT molecular complexity index is 847. The molecule has 1 amide bonds. The van der Waals surface area contributed by atoms with Gasteiger partial charge in [-0.1, -0.05) is 24.3 Å². The van der Waals surface area contributed by atoms with E-state index in [1.165, 1.54) is 0 Å². The van der Waals surface area contributed by atoms with Crippen LogP contribution in [-0.4, -0.2) is 24.0 Å². The predicted molar refractivity (Wildman–Crippen MR) is 103 cm³/mol. The van der Waals surface area contributed by atoms with Crippen LogP contribution in [-0.2, 0) is 11.2 Å².